The molecule has 2 N–H and O–H groups in total. The van der Waals surface area contributed by atoms with Crippen LogP contribution in [-0.4, -0.2) is 26.4 Å². The Morgan fingerprint density at radius 2 is 1.90 bits per heavy atom. The summed E-state index contributed by atoms with van der Waals surface area (Å²) in [6.07, 6.45) is 1.01. The average Bonchev–Trinajstić information content (AvgIpc) is 3.33. The molecule has 40 heavy (non-hydrogen) atoms. The maximum absolute atomic E-state index is 13.7. The van der Waals surface area contributed by atoms with Crippen LogP contribution < -0.4 is 15.4 Å². The second-order valence-electron chi connectivity index (χ2n) is 9.49. The topological polar surface area (TPSA) is 81.1 Å². The molecule has 7 nitrogen and oxygen atoms in total. The lowest BCUT2D eigenvalue weighted by molar-refractivity contribution is -0.113. The first-order valence-electron chi connectivity index (χ1n) is 12.9. The van der Waals surface area contributed by atoms with E-state index in [0.29, 0.717) is 39.1 Å². The van der Waals surface area contributed by atoms with Crippen molar-refractivity contribution in [2.45, 2.75) is 45.0 Å². The number of nitrogens with zero attached hydrogens (tertiary/aromatic N) is 3. The standard InChI is InChI=1S/C30H29Cl2N5O2S/c1-4-14-40-30-35-29-33-19(3)26(28(38)34-23-7-5-6-18(2)15-23)27(37(29)36-30)20-9-12-24(13-10-20)39-17-21-8-11-22(31)16-25(21)32/h5-13,15-16,27H,4,14,17H2,1-3H3,(H,34,38)(H,33,35,36). The molecule has 0 saturated heterocycles. The number of aryl methyl sites for hydroxylation is 1. The summed E-state index contributed by atoms with van der Waals surface area (Å²) < 4.78 is 7.78. The van der Waals surface area contributed by atoms with Crippen LogP contribution >= 0.6 is 35.0 Å². The molecule has 0 radical (unpaired) electrons. The number of rotatable bonds is 9. The van der Waals surface area contributed by atoms with Crippen LogP contribution in [0.2, 0.25) is 10.0 Å². The molecule has 1 unspecified atom stereocenters. The monoisotopic (exact) mass is 593 g/mol. The Balaban J connectivity index is 1.45. The van der Waals surface area contributed by atoms with E-state index in [1.54, 1.807) is 28.6 Å². The number of carbonyl (C=O) groups is 1. The number of aromatic nitrogens is 3. The Morgan fingerprint density at radius 1 is 1.10 bits per heavy atom. The van der Waals surface area contributed by atoms with Crippen molar-refractivity contribution in [3.63, 3.8) is 0 Å². The number of benzene rings is 3. The maximum atomic E-state index is 13.7. The van der Waals surface area contributed by atoms with Crippen LogP contribution in [0.3, 0.4) is 0 Å². The predicted molar refractivity (Wildman–Crippen MR) is 163 cm³/mol. The molecule has 1 amide bonds. The zero-order valence-corrected chi connectivity index (χ0v) is 24.7. The van der Waals surface area contributed by atoms with Gasteiger partial charge < -0.3 is 15.4 Å². The molecule has 0 fully saturated rings. The molecule has 0 saturated carbocycles. The third kappa shape index (κ3) is 6.30. The van der Waals surface area contributed by atoms with Crippen molar-refractivity contribution in [3.05, 3.63) is 105 Å². The fraction of sp³-hybridized carbons (Fsp3) is 0.233. The SMILES string of the molecule is CCCSc1nc2n(n1)C(c1ccc(OCc3ccc(Cl)cc3Cl)cc1)C(C(=O)Nc1cccc(C)c1)=C(C)N2. The Bertz CT molecular complexity index is 1570. The van der Waals surface area contributed by atoms with E-state index in [2.05, 4.69) is 17.6 Å². The quantitative estimate of drug-likeness (QED) is 0.192. The number of carbonyl (C=O) groups excluding carboxylic acids is 1. The number of allylic oxidation sites excluding steroid dienone is 1. The number of hydrogen-bond donors (Lipinski definition) is 2. The second kappa shape index (κ2) is 12.4. The van der Waals surface area contributed by atoms with Crippen LogP contribution in [0, 0.1) is 6.92 Å². The molecule has 206 valence electrons. The molecule has 0 aliphatic carbocycles. The lowest BCUT2D eigenvalue weighted by Gasteiger charge is -2.28. The molecule has 1 aromatic heterocycles. The summed E-state index contributed by atoms with van der Waals surface area (Å²) in [7, 11) is 0. The van der Waals surface area contributed by atoms with Crippen LogP contribution in [0.1, 0.15) is 43.0 Å². The Labute approximate surface area is 247 Å². The third-order valence-corrected chi connectivity index (χ3v) is 8.02. The van der Waals surface area contributed by atoms with Crippen LogP contribution in [-0.2, 0) is 11.4 Å². The van der Waals surface area contributed by atoms with Gasteiger partial charge in [-0.15, -0.1) is 5.10 Å². The van der Waals surface area contributed by atoms with E-state index < -0.39 is 6.04 Å². The fourth-order valence-corrected chi connectivity index (χ4v) is 5.60. The van der Waals surface area contributed by atoms with Crippen molar-refractivity contribution in [3.8, 4) is 5.75 Å². The summed E-state index contributed by atoms with van der Waals surface area (Å²) in [6.45, 7) is 6.31. The van der Waals surface area contributed by atoms with Gasteiger partial charge in [0.15, 0.2) is 0 Å². The molecular weight excluding hydrogens is 565 g/mol. The molecule has 0 bridgehead atoms. The largest absolute Gasteiger partial charge is 0.489 e. The minimum absolute atomic E-state index is 0.206. The molecule has 1 aliphatic rings. The van der Waals surface area contributed by atoms with Gasteiger partial charge in [0.05, 0.1) is 5.57 Å². The zero-order chi connectivity index (χ0) is 28.2. The molecular formula is C30H29Cl2N5O2S. The first-order chi connectivity index (χ1) is 19.3. The maximum Gasteiger partial charge on any atom is 0.255 e. The highest BCUT2D eigenvalue weighted by Gasteiger charge is 2.34. The van der Waals surface area contributed by atoms with Gasteiger partial charge in [-0.3, -0.25) is 4.79 Å². The highest BCUT2D eigenvalue weighted by molar-refractivity contribution is 7.99. The summed E-state index contributed by atoms with van der Waals surface area (Å²) in [4.78, 5) is 18.4. The fourth-order valence-electron chi connectivity index (χ4n) is 4.46. The number of ether oxygens (including phenoxy) is 1. The Hall–Kier alpha value is -3.46. The molecule has 1 aliphatic heterocycles. The number of amides is 1. The lowest BCUT2D eigenvalue weighted by Crippen LogP contribution is -2.31. The summed E-state index contributed by atoms with van der Waals surface area (Å²) >= 11 is 13.9. The van der Waals surface area contributed by atoms with Crippen molar-refractivity contribution in [1.29, 1.82) is 0 Å². The van der Waals surface area contributed by atoms with Gasteiger partial charge in [0.25, 0.3) is 5.91 Å². The van der Waals surface area contributed by atoms with Crippen molar-refractivity contribution >= 4 is 52.5 Å². The van der Waals surface area contributed by atoms with Gasteiger partial charge in [-0.1, -0.05) is 72.2 Å². The molecule has 1 atom stereocenters. The van der Waals surface area contributed by atoms with Gasteiger partial charge in [-0.2, -0.15) is 4.98 Å². The first kappa shape index (κ1) is 28.1. The number of hydrogen-bond acceptors (Lipinski definition) is 6. The second-order valence-corrected chi connectivity index (χ2v) is 11.4. The Morgan fingerprint density at radius 3 is 2.62 bits per heavy atom. The van der Waals surface area contributed by atoms with Gasteiger partial charge in [0.1, 0.15) is 18.4 Å². The van der Waals surface area contributed by atoms with Crippen molar-refractivity contribution < 1.29 is 9.53 Å². The number of thioether (sulfide) groups is 1. The summed E-state index contributed by atoms with van der Waals surface area (Å²) in [5.74, 6) is 1.98. The molecule has 5 rings (SSSR count). The molecule has 4 aromatic rings. The summed E-state index contributed by atoms with van der Waals surface area (Å²) in [5.41, 5.74) is 4.80. The number of fused-ring (bicyclic) bond motifs is 1. The average molecular weight is 595 g/mol. The normalized spacial score (nSPS) is 14.5. The van der Waals surface area contributed by atoms with Crippen molar-refractivity contribution in [2.24, 2.45) is 0 Å². The van der Waals surface area contributed by atoms with Gasteiger partial charge in [0.2, 0.25) is 11.1 Å². The summed E-state index contributed by atoms with van der Waals surface area (Å²) in [6, 6.07) is 20.3. The van der Waals surface area contributed by atoms with Crippen LogP contribution in [0.4, 0.5) is 11.6 Å². The van der Waals surface area contributed by atoms with Crippen LogP contribution in [0.25, 0.3) is 0 Å². The Kier molecular flexibility index (Phi) is 8.69. The van der Waals surface area contributed by atoms with Gasteiger partial charge in [-0.25, -0.2) is 4.68 Å². The van der Waals surface area contributed by atoms with E-state index in [1.165, 1.54) is 0 Å². The number of halogens is 2. The summed E-state index contributed by atoms with van der Waals surface area (Å²) in [5, 5.41) is 12.9. The van der Waals surface area contributed by atoms with E-state index in [9.17, 15) is 4.79 Å². The van der Waals surface area contributed by atoms with E-state index in [0.717, 1.165) is 40.2 Å². The number of anilines is 2. The van der Waals surface area contributed by atoms with Crippen LogP contribution in [0.5, 0.6) is 5.75 Å². The van der Waals surface area contributed by atoms with E-state index >= 15 is 0 Å². The lowest BCUT2D eigenvalue weighted by atomic mass is 9.95. The minimum atomic E-state index is -0.482. The molecule has 10 heteroatoms. The first-order valence-corrected chi connectivity index (χ1v) is 14.7. The van der Waals surface area contributed by atoms with Crippen molar-refractivity contribution in [2.75, 3.05) is 16.4 Å². The predicted octanol–water partition coefficient (Wildman–Crippen LogP) is 7.90. The van der Waals surface area contributed by atoms with Crippen LogP contribution in [0.15, 0.2) is 83.2 Å². The zero-order valence-electron chi connectivity index (χ0n) is 22.4. The highest BCUT2D eigenvalue weighted by atomic mass is 35.5. The van der Waals surface area contributed by atoms with Crippen molar-refractivity contribution in [1.82, 2.24) is 14.8 Å². The molecule has 2 heterocycles. The van der Waals surface area contributed by atoms with Gasteiger partial charge in [-0.05, 0) is 67.8 Å². The van der Waals surface area contributed by atoms with E-state index in [-0.39, 0.29) is 5.91 Å². The highest BCUT2D eigenvalue weighted by Crippen LogP contribution is 2.37. The van der Waals surface area contributed by atoms with E-state index in [1.807, 2.05) is 68.4 Å². The van der Waals surface area contributed by atoms with Gasteiger partial charge >= 0.3 is 0 Å². The van der Waals surface area contributed by atoms with Gasteiger partial charge in [0, 0.05) is 32.7 Å². The smallest absolute Gasteiger partial charge is 0.255 e. The van der Waals surface area contributed by atoms with E-state index in [4.69, 9.17) is 38.0 Å². The molecule has 3 aromatic carbocycles. The molecule has 0 spiro atoms. The third-order valence-electron chi connectivity index (χ3n) is 6.39. The number of nitrogens with one attached hydrogen (secondary N) is 2. The minimum Gasteiger partial charge on any atom is -0.489 e.